The van der Waals surface area contributed by atoms with Crippen molar-refractivity contribution in [3.05, 3.63) is 28.8 Å². The first-order valence-electron chi connectivity index (χ1n) is 6.91. The van der Waals surface area contributed by atoms with Crippen molar-refractivity contribution in [2.75, 3.05) is 10.5 Å². The number of nitrogens with one attached hydrogen (secondary N) is 1. The summed E-state index contributed by atoms with van der Waals surface area (Å²) >= 11 is 5.83. The second kappa shape index (κ2) is 6.66. The summed E-state index contributed by atoms with van der Waals surface area (Å²) < 4.78 is 26.8. The minimum Gasteiger partial charge on any atom is -0.478 e. The second-order valence-corrected chi connectivity index (χ2v) is 7.53. The molecule has 5 nitrogen and oxygen atoms in total. The Morgan fingerprint density at radius 1 is 1.29 bits per heavy atom. The Morgan fingerprint density at radius 2 is 1.95 bits per heavy atom. The molecule has 0 aromatic heterocycles. The molecule has 0 spiro atoms. The third-order valence-electron chi connectivity index (χ3n) is 3.67. The predicted octanol–water partition coefficient (Wildman–Crippen LogP) is 3.36. The average molecular weight is 332 g/mol. The predicted molar refractivity (Wildman–Crippen MR) is 82.4 cm³/mol. The van der Waals surface area contributed by atoms with Crippen LogP contribution in [0.3, 0.4) is 0 Å². The summed E-state index contributed by atoms with van der Waals surface area (Å²) in [5.41, 5.74) is -0.197. The Morgan fingerprint density at radius 3 is 2.57 bits per heavy atom. The van der Waals surface area contributed by atoms with Gasteiger partial charge in [-0.05, 0) is 30.9 Å². The molecule has 1 aromatic rings. The van der Waals surface area contributed by atoms with Crippen LogP contribution >= 0.6 is 11.6 Å². The molecule has 0 heterocycles. The molecule has 21 heavy (non-hydrogen) atoms. The maximum Gasteiger partial charge on any atom is 0.339 e. The summed E-state index contributed by atoms with van der Waals surface area (Å²) in [4.78, 5) is 11.2. The zero-order chi connectivity index (χ0) is 15.5. The molecule has 2 rings (SSSR count). The van der Waals surface area contributed by atoms with Gasteiger partial charge in [0.05, 0.1) is 16.5 Å². The highest BCUT2D eigenvalue weighted by Crippen LogP contribution is 2.28. The number of carboxylic acids is 1. The Kier molecular flexibility index (Phi) is 5.11. The van der Waals surface area contributed by atoms with Crippen LogP contribution in [0.4, 0.5) is 5.69 Å². The Balaban J connectivity index is 2.16. The van der Waals surface area contributed by atoms with Crippen LogP contribution in [0.5, 0.6) is 0 Å². The van der Waals surface area contributed by atoms with Gasteiger partial charge in [0.1, 0.15) is 5.56 Å². The molecule has 7 heteroatoms. The standard InChI is InChI=1S/C14H18ClNO4S/c15-11-7-4-8-12(13(11)14(17)18)16-21(19,20)9-10-5-2-1-3-6-10/h4,7-8,10,16H,1-3,5-6,9H2,(H,17,18). The first-order valence-corrected chi connectivity index (χ1v) is 8.94. The normalized spacial score (nSPS) is 16.6. The van der Waals surface area contributed by atoms with E-state index in [1.54, 1.807) is 0 Å². The molecular weight excluding hydrogens is 314 g/mol. The summed E-state index contributed by atoms with van der Waals surface area (Å²) in [5, 5.41) is 9.16. The SMILES string of the molecule is O=C(O)c1c(Cl)cccc1NS(=O)(=O)CC1CCCCC1. The van der Waals surface area contributed by atoms with Gasteiger partial charge < -0.3 is 5.11 Å². The number of sulfonamides is 1. The fourth-order valence-corrected chi connectivity index (χ4v) is 4.50. The number of benzene rings is 1. The molecule has 0 radical (unpaired) electrons. The van der Waals surface area contributed by atoms with E-state index in [1.165, 1.54) is 18.2 Å². The number of carboxylic acid groups (broad SMARTS) is 1. The van der Waals surface area contributed by atoms with Crippen molar-refractivity contribution in [1.29, 1.82) is 0 Å². The lowest BCUT2D eigenvalue weighted by Crippen LogP contribution is -2.25. The van der Waals surface area contributed by atoms with Crippen LogP contribution < -0.4 is 4.72 Å². The molecule has 116 valence electrons. The van der Waals surface area contributed by atoms with Gasteiger partial charge in [0.15, 0.2) is 0 Å². The lowest BCUT2D eigenvalue weighted by Gasteiger charge is -2.22. The quantitative estimate of drug-likeness (QED) is 0.866. The summed E-state index contributed by atoms with van der Waals surface area (Å²) in [6, 6.07) is 4.35. The van der Waals surface area contributed by atoms with Gasteiger partial charge in [-0.25, -0.2) is 13.2 Å². The molecule has 1 fully saturated rings. The Bertz CT molecular complexity index is 624. The number of anilines is 1. The van der Waals surface area contributed by atoms with E-state index in [2.05, 4.69) is 4.72 Å². The molecule has 0 aliphatic heterocycles. The van der Waals surface area contributed by atoms with Crippen molar-refractivity contribution in [2.24, 2.45) is 5.92 Å². The smallest absolute Gasteiger partial charge is 0.339 e. The number of carbonyl (C=O) groups is 1. The minimum atomic E-state index is -3.58. The molecule has 0 unspecified atom stereocenters. The van der Waals surface area contributed by atoms with Gasteiger partial charge in [0, 0.05) is 0 Å². The maximum absolute atomic E-state index is 12.2. The van der Waals surface area contributed by atoms with E-state index in [0.717, 1.165) is 32.1 Å². The maximum atomic E-state index is 12.2. The molecule has 2 N–H and O–H groups in total. The molecular formula is C14H18ClNO4S. The fourth-order valence-electron chi connectivity index (χ4n) is 2.70. The van der Waals surface area contributed by atoms with Crippen molar-refractivity contribution in [2.45, 2.75) is 32.1 Å². The molecule has 0 atom stereocenters. The number of halogens is 1. The van der Waals surface area contributed by atoms with Crippen molar-refractivity contribution in [3.63, 3.8) is 0 Å². The molecule has 0 amide bonds. The van der Waals surface area contributed by atoms with Crippen molar-refractivity contribution in [3.8, 4) is 0 Å². The molecule has 1 saturated carbocycles. The number of hydrogen-bond donors (Lipinski definition) is 2. The summed E-state index contributed by atoms with van der Waals surface area (Å²) in [6.45, 7) is 0. The third kappa shape index (κ3) is 4.35. The van der Waals surface area contributed by atoms with Gasteiger partial charge in [-0.3, -0.25) is 4.72 Å². The van der Waals surface area contributed by atoms with Crippen LogP contribution in [-0.4, -0.2) is 25.2 Å². The van der Waals surface area contributed by atoms with E-state index in [1.807, 2.05) is 0 Å². The van der Waals surface area contributed by atoms with Gasteiger partial charge in [0.2, 0.25) is 10.0 Å². The lowest BCUT2D eigenvalue weighted by molar-refractivity contribution is 0.0698. The summed E-state index contributed by atoms with van der Waals surface area (Å²) in [7, 11) is -3.58. The number of rotatable bonds is 5. The Hall–Kier alpha value is -1.27. The van der Waals surface area contributed by atoms with Gasteiger partial charge in [-0.1, -0.05) is 36.9 Å². The third-order valence-corrected chi connectivity index (χ3v) is 5.43. The number of aromatic carboxylic acids is 1. The van der Waals surface area contributed by atoms with E-state index < -0.39 is 16.0 Å². The van der Waals surface area contributed by atoms with E-state index in [4.69, 9.17) is 16.7 Å². The first-order chi connectivity index (χ1) is 9.89. The highest BCUT2D eigenvalue weighted by atomic mass is 35.5. The van der Waals surface area contributed by atoms with Crippen molar-refractivity contribution < 1.29 is 18.3 Å². The van der Waals surface area contributed by atoms with Gasteiger partial charge in [-0.15, -0.1) is 0 Å². The zero-order valence-electron chi connectivity index (χ0n) is 11.5. The van der Waals surface area contributed by atoms with E-state index in [0.29, 0.717) is 0 Å². The molecule has 1 aromatic carbocycles. The highest BCUT2D eigenvalue weighted by Gasteiger charge is 2.23. The van der Waals surface area contributed by atoms with Crippen LogP contribution in [0.2, 0.25) is 5.02 Å². The second-order valence-electron chi connectivity index (χ2n) is 5.36. The largest absolute Gasteiger partial charge is 0.478 e. The average Bonchev–Trinajstić information content (AvgIpc) is 2.38. The first kappa shape index (κ1) is 16.1. The van der Waals surface area contributed by atoms with Crippen LogP contribution in [0, 0.1) is 5.92 Å². The minimum absolute atomic E-state index is 0.0142. The molecule has 0 saturated heterocycles. The van der Waals surface area contributed by atoms with Gasteiger partial charge in [0.25, 0.3) is 0 Å². The van der Waals surface area contributed by atoms with Crippen molar-refractivity contribution >= 4 is 33.3 Å². The van der Waals surface area contributed by atoms with Crippen LogP contribution in [0.1, 0.15) is 42.5 Å². The molecule has 1 aliphatic carbocycles. The van der Waals surface area contributed by atoms with E-state index >= 15 is 0 Å². The fraction of sp³-hybridized carbons (Fsp3) is 0.500. The van der Waals surface area contributed by atoms with Crippen molar-refractivity contribution in [1.82, 2.24) is 0 Å². The van der Waals surface area contributed by atoms with Gasteiger partial charge >= 0.3 is 5.97 Å². The van der Waals surface area contributed by atoms with Gasteiger partial charge in [-0.2, -0.15) is 0 Å². The lowest BCUT2D eigenvalue weighted by atomic mass is 9.91. The summed E-state index contributed by atoms with van der Waals surface area (Å²) in [6.07, 6.45) is 5.07. The molecule has 0 bridgehead atoms. The highest BCUT2D eigenvalue weighted by molar-refractivity contribution is 7.92. The number of hydrogen-bond acceptors (Lipinski definition) is 3. The van der Waals surface area contributed by atoms with Crippen LogP contribution in [-0.2, 0) is 10.0 Å². The van der Waals surface area contributed by atoms with Crippen LogP contribution in [0.25, 0.3) is 0 Å². The monoisotopic (exact) mass is 331 g/mol. The molecule has 1 aliphatic rings. The van der Waals surface area contributed by atoms with E-state index in [9.17, 15) is 13.2 Å². The summed E-state index contributed by atoms with van der Waals surface area (Å²) in [5.74, 6) is -1.09. The zero-order valence-corrected chi connectivity index (χ0v) is 13.1. The Labute approximate surface area is 129 Å². The topological polar surface area (TPSA) is 83.5 Å². The van der Waals surface area contributed by atoms with E-state index in [-0.39, 0.29) is 27.9 Å². The van der Waals surface area contributed by atoms with Crippen LogP contribution in [0.15, 0.2) is 18.2 Å².